The number of ether oxygens (including phenoxy) is 1. The van der Waals surface area contributed by atoms with Gasteiger partial charge in [0.2, 0.25) is 0 Å². The van der Waals surface area contributed by atoms with E-state index in [0.717, 1.165) is 21.5 Å². The van der Waals surface area contributed by atoms with Crippen LogP contribution >= 0.6 is 20.8 Å². The first kappa shape index (κ1) is 21.5. The van der Waals surface area contributed by atoms with Gasteiger partial charge in [0.1, 0.15) is 0 Å². The molecule has 0 fully saturated rings. The van der Waals surface area contributed by atoms with Gasteiger partial charge in [-0.3, -0.25) is 0 Å². The van der Waals surface area contributed by atoms with Crippen molar-refractivity contribution < 1.29 is 9.53 Å². The molecule has 0 saturated carbocycles. The molecule has 2 nitrogen and oxygen atoms in total. The fourth-order valence-electron chi connectivity index (χ4n) is 3.96. The van der Waals surface area contributed by atoms with E-state index in [9.17, 15) is 4.79 Å². The molecule has 0 aliphatic heterocycles. The molecular formula is C27H24BrO2P. The van der Waals surface area contributed by atoms with Crippen LogP contribution in [0.25, 0.3) is 0 Å². The quantitative estimate of drug-likeness (QED) is 0.250. The van der Waals surface area contributed by atoms with Crippen LogP contribution in [0.3, 0.4) is 0 Å². The van der Waals surface area contributed by atoms with Gasteiger partial charge in [-0.2, -0.15) is 0 Å². The first-order chi connectivity index (χ1) is 15.1. The number of hydrogen-bond donors (Lipinski definition) is 0. The van der Waals surface area contributed by atoms with Gasteiger partial charge in [0.15, 0.2) is 0 Å². The molecule has 31 heavy (non-hydrogen) atoms. The predicted octanol–water partition coefficient (Wildman–Crippen LogP) is 5.57. The van der Waals surface area contributed by atoms with E-state index in [1.54, 1.807) is 0 Å². The van der Waals surface area contributed by atoms with Crippen molar-refractivity contribution in [3.63, 3.8) is 0 Å². The molecule has 0 heterocycles. The molecule has 4 aromatic carbocycles. The van der Waals surface area contributed by atoms with Crippen molar-refractivity contribution in [2.75, 3.05) is 6.16 Å². The Balaban J connectivity index is 1.83. The zero-order valence-corrected chi connectivity index (χ0v) is 19.6. The molecule has 0 atom stereocenters. The first-order valence-corrected chi connectivity index (χ1v) is 14.6. The maximum atomic E-state index is 13.3. The minimum absolute atomic E-state index is 0.227. The summed E-state index contributed by atoms with van der Waals surface area (Å²) in [6.07, 6.45) is 0.233. The summed E-state index contributed by atoms with van der Waals surface area (Å²) in [7, 11) is 0. The summed E-state index contributed by atoms with van der Waals surface area (Å²) in [5.41, 5.74) is 0.977. The summed E-state index contributed by atoms with van der Waals surface area (Å²) < 4.78 is 5.78. The number of halogens is 1. The second-order valence-corrected chi connectivity index (χ2v) is 16.4. The first-order valence-electron chi connectivity index (χ1n) is 10.2. The molecule has 4 rings (SSSR count). The van der Waals surface area contributed by atoms with Crippen molar-refractivity contribution in [1.29, 1.82) is 0 Å². The monoisotopic (exact) mass is 490 g/mol. The minimum atomic E-state index is -3.30. The van der Waals surface area contributed by atoms with Gasteiger partial charge in [0, 0.05) is 0 Å². The van der Waals surface area contributed by atoms with Crippen molar-refractivity contribution in [2.24, 2.45) is 0 Å². The summed E-state index contributed by atoms with van der Waals surface area (Å²) in [6.45, 7) is 0.261. The number of esters is 1. The fraction of sp³-hybridized carbons (Fsp3) is 0.0741. The molecule has 0 amide bonds. The molecule has 4 heteroatoms. The van der Waals surface area contributed by atoms with Crippen LogP contribution in [0.1, 0.15) is 5.56 Å². The maximum absolute atomic E-state index is 13.3. The number of carbonyl (C=O) groups excluding carboxylic acids is 1. The molecule has 0 bridgehead atoms. The van der Waals surface area contributed by atoms with Crippen LogP contribution in [-0.2, 0) is 16.1 Å². The summed E-state index contributed by atoms with van der Waals surface area (Å²) in [5.74, 6) is -0.227. The van der Waals surface area contributed by atoms with Gasteiger partial charge in [0.25, 0.3) is 0 Å². The van der Waals surface area contributed by atoms with Crippen molar-refractivity contribution in [3.05, 3.63) is 127 Å². The molecule has 0 aromatic heterocycles. The van der Waals surface area contributed by atoms with Gasteiger partial charge in [-0.15, -0.1) is 0 Å². The second kappa shape index (κ2) is 9.18. The fourth-order valence-corrected chi connectivity index (χ4v) is 11.1. The molecule has 156 valence electrons. The third kappa shape index (κ3) is 4.21. The Labute approximate surface area is 191 Å². The van der Waals surface area contributed by atoms with Crippen LogP contribution < -0.4 is 15.9 Å². The second-order valence-electron chi connectivity index (χ2n) is 7.49. The van der Waals surface area contributed by atoms with Crippen molar-refractivity contribution >= 4 is 42.7 Å². The summed E-state index contributed by atoms with van der Waals surface area (Å²) >= 11 is 4.27. The Morgan fingerprint density at radius 3 is 1.35 bits per heavy atom. The normalized spacial score (nSPS) is 12.5. The van der Waals surface area contributed by atoms with Crippen molar-refractivity contribution in [3.8, 4) is 0 Å². The number of hydrogen-bond acceptors (Lipinski definition) is 2. The standard InChI is InChI=1S/C27H24BrO2P/c28-31(24-15-7-2-8-16-24,25-17-9-3-10-18-25,26-19-11-4-12-20-26)22-27(29)30-21-23-13-5-1-6-14-23/h1-20H,21-22H2. The van der Waals surface area contributed by atoms with E-state index in [2.05, 4.69) is 51.9 Å². The topological polar surface area (TPSA) is 26.3 Å². The predicted molar refractivity (Wildman–Crippen MR) is 135 cm³/mol. The van der Waals surface area contributed by atoms with Gasteiger partial charge in [-0.05, 0) is 0 Å². The Morgan fingerprint density at radius 1 is 0.613 bits per heavy atom. The third-order valence-electron chi connectivity index (χ3n) is 5.55. The molecule has 0 aliphatic carbocycles. The van der Waals surface area contributed by atoms with Gasteiger partial charge < -0.3 is 0 Å². The summed E-state index contributed by atoms with van der Waals surface area (Å²) in [6, 6.07) is 40.6. The van der Waals surface area contributed by atoms with Crippen molar-refractivity contribution in [2.45, 2.75) is 6.61 Å². The molecule has 0 saturated heterocycles. The van der Waals surface area contributed by atoms with E-state index in [1.807, 2.05) is 84.9 Å². The molecule has 0 radical (unpaired) electrons. The third-order valence-corrected chi connectivity index (χ3v) is 15.0. The van der Waals surface area contributed by atoms with E-state index >= 15 is 0 Å². The van der Waals surface area contributed by atoms with Crippen molar-refractivity contribution in [1.82, 2.24) is 0 Å². The van der Waals surface area contributed by atoms with Crippen LogP contribution in [-0.4, -0.2) is 12.1 Å². The van der Waals surface area contributed by atoms with E-state index in [0.29, 0.717) is 0 Å². The number of rotatable bonds is 7. The van der Waals surface area contributed by atoms with Crippen LogP contribution in [0.4, 0.5) is 0 Å². The molecular weight excluding hydrogens is 467 g/mol. The van der Waals surface area contributed by atoms with Gasteiger partial charge in [-0.1, -0.05) is 0 Å². The van der Waals surface area contributed by atoms with E-state index in [-0.39, 0.29) is 18.7 Å². The van der Waals surface area contributed by atoms with E-state index in [4.69, 9.17) is 4.74 Å². The Morgan fingerprint density at radius 2 is 0.968 bits per heavy atom. The van der Waals surface area contributed by atoms with Crippen LogP contribution in [0.15, 0.2) is 121 Å². The number of carbonyl (C=O) groups is 1. The average Bonchev–Trinajstić information content (AvgIpc) is 2.85. The molecule has 0 aliphatic rings. The van der Waals surface area contributed by atoms with Crippen LogP contribution in [0, 0.1) is 0 Å². The number of benzene rings is 4. The van der Waals surface area contributed by atoms with Gasteiger partial charge >= 0.3 is 192 Å². The van der Waals surface area contributed by atoms with Gasteiger partial charge in [0.05, 0.1) is 0 Å². The van der Waals surface area contributed by atoms with E-state index < -0.39 is 5.31 Å². The zero-order chi connectivity index (χ0) is 21.6. The Bertz CT molecular complexity index is 1030. The summed E-state index contributed by atoms with van der Waals surface area (Å²) in [4.78, 5) is 13.3. The summed E-state index contributed by atoms with van der Waals surface area (Å²) in [5, 5.41) is -0.00474. The van der Waals surface area contributed by atoms with Crippen LogP contribution in [0.2, 0.25) is 0 Å². The van der Waals surface area contributed by atoms with Gasteiger partial charge in [-0.25, -0.2) is 0 Å². The van der Waals surface area contributed by atoms with E-state index in [1.165, 1.54) is 0 Å². The molecule has 0 spiro atoms. The average molecular weight is 491 g/mol. The zero-order valence-electron chi connectivity index (χ0n) is 17.1. The molecule has 0 unspecified atom stereocenters. The molecule has 0 N–H and O–H groups in total. The van der Waals surface area contributed by atoms with Crippen LogP contribution in [0.5, 0.6) is 0 Å². The Kier molecular flexibility index (Phi) is 6.36. The molecule has 4 aromatic rings. The SMILES string of the molecule is O=C(CP(Br)(c1ccccc1)(c1ccccc1)c1ccccc1)OCc1ccccc1. The Hall–Kier alpha value is -2.74.